The lowest BCUT2D eigenvalue weighted by atomic mass is 9.75. The number of ether oxygens (including phenoxy) is 5. The Morgan fingerprint density at radius 3 is 2.21 bits per heavy atom. The second kappa shape index (κ2) is 10.4. The van der Waals surface area contributed by atoms with Crippen molar-refractivity contribution in [2.24, 2.45) is 17.8 Å². The van der Waals surface area contributed by atoms with Crippen LogP contribution in [-0.4, -0.2) is 46.0 Å². The van der Waals surface area contributed by atoms with Gasteiger partial charge in [-0.15, -0.1) is 0 Å². The van der Waals surface area contributed by atoms with E-state index in [4.69, 9.17) is 23.7 Å². The molecule has 0 heterocycles. The molecule has 0 N–H and O–H groups in total. The maximum atomic E-state index is 12.5. The normalized spacial score (nSPS) is 21.4. The number of carbonyl (C=O) groups is 2. The van der Waals surface area contributed by atoms with E-state index >= 15 is 0 Å². The molecule has 29 heavy (non-hydrogen) atoms. The molecule has 0 saturated heterocycles. The van der Waals surface area contributed by atoms with E-state index in [1.807, 2.05) is 0 Å². The van der Waals surface area contributed by atoms with Crippen LogP contribution in [0.5, 0.6) is 17.2 Å². The van der Waals surface area contributed by atoms with E-state index in [-0.39, 0.29) is 17.4 Å². The van der Waals surface area contributed by atoms with E-state index in [1.165, 1.54) is 33.5 Å². The van der Waals surface area contributed by atoms with Gasteiger partial charge in [-0.3, -0.25) is 0 Å². The van der Waals surface area contributed by atoms with Crippen molar-refractivity contribution in [3.8, 4) is 17.2 Å². The lowest BCUT2D eigenvalue weighted by molar-refractivity contribution is -0.159. The second-order valence-electron chi connectivity index (χ2n) is 7.84. The number of rotatable bonds is 8. The van der Waals surface area contributed by atoms with Crippen molar-refractivity contribution in [1.82, 2.24) is 0 Å². The molecule has 2 rings (SSSR count). The fourth-order valence-corrected chi connectivity index (χ4v) is 3.84. The molecule has 0 radical (unpaired) electrons. The van der Waals surface area contributed by atoms with Gasteiger partial charge in [0.2, 0.25) is 0 Å². The molecule has 0 aliphatic heterocycles. The summed E-state index contributed by atoms with van der Waals surface area (Å²) in [5.41, 5.74) is 0.143. The highest BCUT2D eigenvalue weighted by Gasteiger charge is 2.33. The fraction of sp³-hybridized carbons (Fsp3) is 0.636. The molecule has 7 heteroatoms. The van der Waals surface area contributed by atoms with Gasteiger partial charge in [0, 0.05) is 12.1 Å². The van der Waals surface area contributed by atoms with Crippen LogP contribution in [0, 0.1) is 17.8 Å². The van der Waals surface area contributed by atoms with Crippen LogP contribution in [0.1, 0.15) is 50.4 Å². The molecule has 0 unspecified atom stereocenters. The Kier molecular flexibility index (Phi) is 8.17. The first-order valence-electron chi connectivity index (χ1n) is 9.97. The average Bonchev–Trinajstić information content (AvgIpc) is 2.70. The fourth-order valence-electron chi connectivity index (χ4n) is 3.84. The number of hydrogen-bond donors (Lipinski definition) is 0. The number of esters is 2. The predicted octanol–water partition coefficient (Wildman–Crippen LogP) is 3.87. The molecule has 0 bridgehead atoms. The smallest absolute Gasteiger partial charge is 0.344 e. The number of methoxy groups -OCH3 is 3. The first-order valence-corrected chi connectivity index (χ1v) is 9.97. The number of hydrogen-bond acceptors (Lipinski definition) is 7. The Morgan fingerprint density at radius 2 is 1.62 bits per heavy atom. The van der Waals surface area contributed by atoms with Crippen molar-refractivity contribution < 1.29 is 33.3 Å². The van der Waals surface area contributed by atoms with E-state index in [2.05, 4.69) is 20.8 Å². The lowest BCUT2D eigenvalue weighted by Gasteiger charge is -2.36. The maximum absolute atomic E-state index is 12.5. The molecule has 3 atom stereocenters. The van der Waals surface area contributed by atoms with Crippen molar-refractivity contribution >= 4 is 11.9 Å². The standard InChI is InChI=1S/C22H32O7/c1-13(2)15-8-7-14(3)9-18(15)29-21(23)12-28-22(24)16-10-19(26-5)20(27-6)11-17(16)25-4/h10-11,13-15,18H,7-9,12H2,1-6H3/t14-,15+,18-/m1/s1. The summed E-state index contributed by atoms with van der Waals surface area (Å²) in [5, 5.41) is 0. The monoisotopic (exact) mass is 408 g/mol. The van der Waals surface area contributed by atoms with E-state index in [0.29, 0.717) is 29.3 Å². The van der Waals surface area contributed by atoms with Gasteiger partial charge in [0.25, 0.3) is 0 Å². The van der Waals surface area contributed by atoms with Crippen molar-refractivity contribution in [1.29, 1.82) is 0 Å². The summed E-state index contributed by atoms with van der Waals surface area (Å²) in [6, 6.07) is 2.99. The Balaban J connectivity index is 2.02. The van der Waals surface area contributed by atoms with E-state index < -0.39 is 18.5 Å². The van der Waals surface area contributed by atoms with Crippen LogP contribution in [0.15, 0.2) is 12.1 Å². The molecule has 1 fully saturated rings. The molecule has 1 aliphatic rings. The summed E-state index contributed by atoms with van der Waals surface area (Å²) in [5.74, 6) is 1.09. The minimum Gasteiger partial charge on any atom is -0.496 e. The molecule has 0 amide bonds. The van der Waals surface area contributed by atoms with E-state index in [9.17, 15) is 9.59 Å². The zero-order chi connectivity index (χ0) is 21.6. The molecule has 162 valence electrons. The van der Waals surface area contributed by atoms with Gasteiger partial charge in [-0.25, -0.2) is 9.59 Å². The molecular weight excluding hydrogens is 376 g/mol. The highest BCUT2D eigenvalue weighted by atomic mass is 16.6. The van der Waals surface area contributed by atoms with Crippen LogP contribution in [0.25, 0.3) is 0 Å². The Hall–Kier alpha value is -2.44. The van der Waals surface area contributed by atoms with Gasteiger partial charge in [-0.05, 0) is 30.6 Å². The zero-order valence-electron chi connectivity index (χ0n) is 18.2. The second-order valence-corrected chi connectivity index (χ2v) is 7.84. The Bertz CT molecular complexity index is 713. The summed E-state index contributed by atoms with van der Waals surface area (Å²) >= 11 is 0. The third-order valence-corrected chi connectivity index (χ3v) is 5.49. The minimum atomic E-state index is -0.697. The Labute approximate surface area is 172 Å². The third-order valence-electron chi connectivity index (χ3n) is 5.49. The number of carbonyl (C=O) groups excluding carboxylic acids is 2. The van der Waals surface area contributed by atoms with Gasteiger partial charge in [0.1, 0.15) is 17.4 Å². The first-order chi connectivity index (χ1) is 13.8. The van der Waals surface area contributed by atoms with Gasteiger partial charge in [-0.2, -0.15) is 0 Å². The molecule has 0 spiro atoms. The molecule has 1 aromatic carbocycles. The highest BCUT2D eigenvalue weighted by Crippen LogP contribution is 2.36. The van der Waals surface area contributed by atoms with Gasteiger partial charge < -0.3 is 23.7 Å². The molecule has 1 saturated carbocycles. The van der Waals surface area contributed by atoms with Crippen molar-refractivity contribution in [2.45, 2.75) is 46.1 Å². The largest absolute Gasteiger partial charge is 0.496 e. The number of benzene rings is 1. The average molecular weight is 408 g/mol. The van der Waals surface area contributed by atoms with Crippen LogP contribution in [-0.2, 0) is 14.3 Å². The lowest BCUT2D eigenvalue weighted by Crippen LogP contribution is -2.36. The first kappa shape index (κ1) is 22.8. The van der Waals surface area contributed by atoms with Crippen molar-refractivity contribution in [2.75, 3.05) is 27.9 Å². The SMILES string of the molecule is COc1cc(OC)c(C(=O)OCC(=O)O[C@@H]2C[C@H](C)CC[C@H]2C(C)C)cc1OC. The predicted molar refractivity (Wildman–Crippen MR) is 108 cm³/mol. The van der Waals surface area contributed by atoms with E-state index in [1.54, 1.807) is 0 Å². The summed E-state index contributed by atoms with van der Waals surface area (Å²) in [6.07, 6.45) is 2.89. The summed E-state index contributed by atoms with van der Waals surface area (Å²) in [4.78, 5) is 24.8. The molecule has 0 aromatic heterocycles. The summed E-state index contributed by atoms with van der Waals surface area (Å²) in [7, 11) is 4.39. The van der Waals surface area contributed by atoms with Gasteiger partial charge >= 0.3 is 11.9 Å². The zero-order valence-corrected chi connectivity index (χ0v) is 18.2. The van der Waals surface area contributed by atoms with Gasteiger partial charge in [0.05, 0.1) is 21.3 Å². The van der Waals surface area contributed by atoms with Crippen LogP contribution in [0.2, 0.25) is 0 Å². The minimum absolute atomic E-state index is 0.138. The van der Waals surface area contributed by atoms with Crippen molar-refractivity contribution in [3.63, 3.8) is 0 Å². The Morgan fingerprint density at radius 1 is 1.00 bits per heavy atom. The van der Waals surface area contributed by atoms with Crippen LogP contribution < -0.4 is 14.2 Å². The molecular formula is C22H32O7. The molecule has 1 aliphatic carbocycles. The highest BCUT2D eigenvalue weighted by molar-refractivity contribution is 5.94. The topological polar surface area (TPSA) is 80.3 Å². The van der Waals surface area contributed by atoms with Crippen LogP contribution in [0.3, 0.4) is 0 Å². The van der Waals surface area contributed by atoms with Gasteiger partial charge in [-0.1, -0.05) is 27.2 Å². The molecule has 1 aromatic rings. The summed E-state index contributed by atoms with van der Waals surface area (Å²) < 4.78 is 26.5. The molecule has 7 nitrogen and oxygen atoms in total. The van der Waals surface area contributed by atoms with Crippen LogP contribution >= 0.6 is 0 Å². The van der Waals surface area contributed by atoms with Gasteiger partial charge in [0.15, 0.2) is 18.1 Å². The van der Waals surface area contributed by atoms with Crippen molar-refractivity contribution in [3.05, 3.63) is 17.7 Å². The van der Waals surface area contributed by atoms with Crippen LogP contribution in [0.4, 0.5) is 0 Å². The quantitative estimate of drug-likeness (QED) is 0.604. The summed E-state index contributed by atoms with van der Waals surface area (Å²) in [6.45, 7) is 6.00. The third kappa shape index (κ3) is 5.78. The maximum Gasteiger partial charge on any atom is 0.344 e. The van der Waals surface area contributed by atoms with E-state index in [0.717, 1.165) is 19.3 Å².